The number of amides is 1. The van der Waals surface area contributed by atoms with Crippen molar-refractivity contribution in [3.63, 3.8) is 0 Å². The summed E-state index contributed by atoms with van der Waals surface area (Å²) in [7, 11) is 0. The number of hydrogen-bond acceptors (Lipinski definition) is 6. The number of nitrogens with zero attached hydrogens (tertiary/aromatic N) is 3. The quantitative estimate of drug-likeness (QED) is 0.690. The lowest BCUT2D eigenvalue weighted by Gasteiger charge is -2.18. The summed E-state index contributed by atoms with van der Waals surface area (Å²) < 4.78 is 18.7. The van der Waals surface area contributed by atoms with Gasteiger partial charge in [0.25, 0.3) is 5.91 Å². The van der Waals surface area contributed by atoms with Crippen LogP contribution in [-0.2, 0) is 0 Å². The molecule has 29 heavy (non-hydrogen) atoms. The largest absolute Gasteiger partial charge is 0.457 e. The molecule has 0 bridgehead atoms. The van der Waals surface area contributed by atoms with E-state index in [0.29, 0.717) is 48.2 Å². The molecule has 1 unspecified atom stereocenters. The number of benzene rings is 2. The van der Waals surface area contributed by atoms with E-state index < -0.39 is 12.0 Å². The number of ether oxygens (including phenoxy) is 1. The predicted molar refractivity (Wildman–Crippen MR) is 105 cm³/mol. The molecule has 0 spiro atoms. The molecule has 8 heteroatoms. The highest BCUT2D eigenvalue weighted by Crippen LogP contribution is 2.27. The molecule has 2 heterocycles. The SMILES string of the molecule is NC(=O)c1cc(N2CCC(O)C2)nc(-c2ccc(Oc3ccc(F)cc3)cc2)n1. The highest BCUT2D eigenvalue weighted by atomic mass is 19.1. The fourth-order valence-electron chi connectivity index (χ4n) is 3.11. The summed E-state index contributed by atoms with van der Waals surface area (Å²) in [5, 5.41) is 9.78. The second-order valence-electron chi connectivity index (χ2n) is 6.77. The zero-order valence-corrected chi connectivity index (χ0v) is 15.5. The molecule has 3 aromatic rings. The van der Waals surface area contributed by atoms with Crippen molar-refractivity contribution in [2.45, 2.75) is 12.5 Å². The van der Waals surface area contributed by atoms with Gasteiger partial charge in [0.15, 0.2) is 5.82 Å². The molecule has 1 amide bonds. The summed E-state index contributed by atoms with van der Waals surface area (Å²) in [6.07, 6.45) is 0.217. The van der Waals surface area contributed by atoms with Crippen molar-refractivity contribution < 1.29 is 19.0 Å². The van der Waals surface area contributed by atoms with Gasteiger partial charge in [-0.15, -0.1) is 0 Å². The molecule has 4 rings (SSSR count). The first-order valence-electron chi connectivity index (χ1n) is 9.14. The van der Waals surface area contributed by atoms with Crippen LogP contribution in [0.15, 0.2) is 54.6 Å². The number of halogens is 1. The van der Waals surface area contributed by atoms with E-state index in [-0.39, 0.29) is 11.5 Å². The highest BCUT2D eigenvalue weighted by Gasteiger charge is 2.23. The maximum atomic E-state index is 13.0. The van der Waals surface area contributed by atoms with Crippen molar-refractivity contribution >= 4 is 11.7 Å². The van der Waals surface area contributed by atoms with Crippen molar-refractivity contribution in [1.29, 1.82) is 0 Å². The molecule has 148 valence electrons. The average Bonchev–Trinajstić information content (AvgIpc) is 3.16. The van der Waals surface area contributed by atoms with Gasteiger partial charge in [-0.05, 0) is 55.0 Å². The van der Waals surface area contributed by atoms with Gasteiger partial charge in [-0.1, -0.05) is 0 Å². The van der Waals surface area contributed by atoms with E-state index in [1.54, 1.807) is 36.4 Å². The second-order valence-corrected chi connectivity index (χ2v) is 6.77. The highest BCUT2D eigenvalue weighted by molar-refractivity contribution is 5.92. The summed E-state index contributed by atoms with van der Waals surface area (Å²) in [4.78, 5) is 22.4. The number of carbonyl (C=O) groups is 1. The Bertz CT molecular complexity index is 1030. The Morgan fingerprint density at radius 1 is 1.10 bits per heavy atom. The van der Waals surface area contributed by atoms with Crippen LogP contribution in [0.3, 0.4) is 0 Å². The van der Waals surface area contributed by atoms with Gasteiger partial charge >= 0.3 is 0 Å². The third kappa shape index (κ3) is 4.33. The number of nitrogens with two attached hydrogens (primary N) is 1. The monoisotopic (exact) mass is 394 g/mol. The number of β-amino-alcohol motifs (C(OH)–C–C–N with tert-alkyl or cyclic N) is 1. The van der Waals surface area contributed by atoms with Gasteiger partial charge in [0.05, 0.1) is 6.10 Å². The van der Waals surface area contributed by atoms with E-state index in [1.165, 1.54) is 18.2 Å². The molecule has 3 N–H and O–H groups in total. The molecular formula is C21H19FN4O3. The average molecular weight is 394 g/mol. The smallest absolute Gasteiger partial charge is 0.267 e. The van der Waals surface area contributed by atoms with Crippen LogP contribution in [0.2, 0.25) is 0 Å². The number of hydrogen-bond donors (Lipinski definition) is 2. The molecular weight excluding hydrogens is 375 g/mol. The van der Waals surface area contributed by atoms with Gasteiger partial charge in [0.2, 0.25) is 0 Å². The standard InChI is InChI=1S/C21H19FN4O3/c22-14-3-7-17(8-4-14)29-16-5-1-13(2-6-16)21-24-18(20(23)28)11-19(25-21)26-10-9-15(27)12-26/h1-8,11,15,27H,9-10,12H2,(H2,23,28). The van der Waals surface area contributed by atoms with Gasteiger partial charge in [0.1, 0.15) is 28.8 Å². The van der Waals surface area contributed by atoms with Gasteiger partial charge < -0.3 is 20.5 Å². The number of aromatic nitrogens is 2. The van der Waals surface area contributed by atoms with E-state index in [2.05, 4.69) is 9.97 Å². The van der Waals surface area contributed by atoms with Gasteiger partial charge in [-0.2, -0.15) is 0 Å². The Kier molecular flexibility index (Phi) is 5.09. The summed E-state index contributed by atoms with van der Waals surface area (Å²) >= 11 is 0. The first-order chi connectivity index (χ1) is 14.0. The van der Waals surface area contributed by atoms with E-state index in [4.69, 9.17) is 10.5 Å². The van der Waals surface area contributed by atoms with E-state index in [1.807, 2.05) is 4.90 Å². The second kappa shape index (κ2) is 7.84. The number of primary amides is 1. The lowest BCUT2D eigenvalue weighted by Crippen LogP contribution is -2.24. The molecule has 0 radical (unpaired) electrons. The summed E-state index contributed by atoms with van der Waals surface area (Å²) in [6, 6.07) is 14.3. The van der Waals surface area contributed by atoms with Crippen LogP contribution in [0, 0.1) is 5.82 Å². The van der Waals surface area contributed by atoms with Gasteiger partial charge in [-0.3, -0.25) is 4.79 Å². The molecule has 7 nitrogen and oxygen atoms in total. The van der Waals surface area contributed by atoms with E-state index >= 15 is 0 Å². The van der Waals surface area contributed by atoms with E-state index in [9.17, 15) is 14.3 Å². The minimum atomic E-state index is -0.647. The molecule has 1 aliphatic heterocycles. The number of rotatable bonds is 5. The Labute approximate surface area is 166 Å². The number of aliphatic hydroxyl groups is 1. The van der Waals surface area contributed by atoms with Crippen LogP contribution >= 0.6 is 0 Å². The Balaban J connectivity index is 1.60. The van der Waals surface area contributed by atoms with Crippen LogP contribution < -0.4 is 15.4 Å². The summed E-state index contributed by atoms with van der Waals surface area (Å²) in [5.41, 5.74) is 6.22. The molecule has 1 saturated heterocycles. The van der Waals surface area contributed by atoms with Crippen molar-refractivity contribution in [3.05, 3.63) is 66.1 Å². The molecule has 1 aromatic heterocycles. The van der Waals surface area contributed by atoms with Gasteiger partial charge in [-0.25, -0.2) is 14.4 Å². The lowest BCUT2D eigenvalue weighted by molar-refractivity contribution is 0.0995. The third-order valence-electron chi connectivity index (χ3n) is 4.61. The number of carbonyl (C=O) groups excluding carboxylic acids is 1. The number of anilines is 1. The van der Waals surface area contributed by atoms with Crippen molar-refractivity contribution in [2.24, 2.45) is 5.73 Å². The van der Waals surface area contributed by atoms with Crippen LogP contribution in [0.1, 0.15) is 16.9 Å². The van der Waals surface area contributed by atoms with E-state index in [0.717, 1.165) is 0 Å². The fraction of sp³-hybridized carbons (Fsp3) is 0.190. The Morgan fingerprint density at radius 3 is 2.34 bits per heavy atom. The van der Waals surface area contributed by atoms with Crippen LogP contribution in [0.25, 0.3) is 11.4 Å². The topological polar surface area (TPSA) is 102 Å². The Morgan fingerprint density at radius 2 is 1.76 bits per heavy atom. The normalized spacial score (nSPS) is 16.1. The van der Waals surface area contributed by atoms with Crippen molar-refractivity contribution in [1.82, 2.24) is 9.97 Å². The first kappa shape index (κ1) is 18.8. The zero-order chi connectivity index (χ0) is 20.4. The maximum Gasteiger partial charge on any atom is 0.267 e. The molecule has 0 aliphatic carbocycles. The van der Waals surface area contributed by atoms with Gasteiger partial charge in [0, 0.05) is 24.7 Å². The minimum absolute atomic E-state index is 0.109. The van der Waals surface area contributed by atoms with Crippen molar-refractivity contribution in [2.75, 3.05) is 18.0 Å². The predicted octanol–water partition coefficient (Wildman–Crippen LogP) is 2.74. The molecule has 2 aromatic carbocycles. The molecule has 1 atom stereocenters. The molecule has 1 fully saturated rings. The number of aliphatic hydroxyl groups excluding tert-OH is 1. The third-order valence-corrected chi connectivity index (χ3v) is 4.61. The van der Waals surface area contributed by atoms with Crippen LogP contribution in [0.5, 0.6) is 11.5 Å². The van der Waals surface area contributed by atoms with Crippen molar-refractivity contribution in [3.8, 4) is 22.9 Å². The zero-order valence-electron chi connectivity index (χ0n) is 15.5. The van der Waals surface area contributed by atoms with Crippen LogP contribution in [-0.4, -0.2) is 40.2 Å². The lowest BCUT2D eigenvalue weighted by atomic mass is 10.2. The summed E-state index contributed by atoms with van der Waals surface area (Å²) in [6.45, 7) is 1.08. The summed E-state index contributed by atoms with van der Waals surface area (Å²) in [5.74, 6) is 1.000. The maximum absolute atomic E-state index is 13.0. The first-order valence-corrected chi connectivity index (χ1v) is 9.14. The van der Waals surface area contributed by atoms with Crippen LogP contribution in [0.4, 0.5) is 10.2 Å². The molecule has 0 saturated carbocycles. The molecule has 1 aliphatic rings. The fourth-order valence-corrected chi connectivity index (χ4v) is 3.11. The Hall–Kier alpha value is -3.52. The minimum Gasteiger partial charge on any atom is -0.457 e.